The van der Waals surface area contributed by atoms with Gasteiger partial charge in [0.15, 0.2) is 12.5 Å². The van der Waals surface area contributed by atoms with Crippen molar-refractivity contribution in [3.05, 3.63) is 22.4 Å². The molecular formula is C8H9NOS. The van der Waals surface area contributed by atoms with E-state index < -0.39 is 0 Å². The summed E-state index contributed by atoms with van der Waals surface area (Å²) < 4.78 is 5.33. The predicted octanol–water partition coefficient (Wildman–Crippen LogP) is 2.24. The molecule has 2 heterocycles. The minimum atomic E-state index is 0.162. The Morgan fingerprint density at radius 3 is 3.09 bits per heavy atom. The van der Waals surface area contributed by atoms with Crippen molar-refractivity contribution in [2.45, 2.75) is 19.1 Å². The maximum absolute atomic E-state index is 5.33. The van der Waals surface area contributed by atoms with Gasteiger partial charge in [-0.1, -0.05) is 6.07 Å². The molecule has 3 heteroatoms. The molecule has 58 valence electrons. The molecule has 0 radical (unpaired) electrons. The molecule has 0 saturated heterocycles. The first-order valence-electron chi connectivity index (χ1n) is 3.58. The monoisotopic (exact) mass is 167 g/mol. The van der Waals surface area contributed by atoms with Crippen molar-refractivity contribution in [2.75, 3.05) is 0 Å². The van der Waals surface area contributed by atoms with Crippen LogP contribution in [0.15, 0.2) is 22.5 Å². The fourth-order valence-electron chi connectivity index (χ4n) is 1.15. The Morgan fingerprint density at radius 2 is 2.55 bits per heavy atom. The molecule has 2 rings (SSSR count). The molecule has 1 aliphatic heterocycles. The van der Waals surface area contributed by atoms with E-state index in [0.717, 1.165) is 0 Å². The van der Waals surface area contributed by atoms with E-state index >= 15 is 0 Å². The Kier molecular flexibility index (Phi) is 1.66. The highest BCUT2D eigenvalue weighted by Crippen LogP contribution is 2.29. The van der Waals surface area contributed by atoms with Gasteiger partial charge in [-0.25, -0.2) is 0 Å². The molecule has 1 aliphatic rings. The molecule has 2 atom stereocenters. The lowest BCUT2D eigenvalue weighted by atomic mass is 10.2. The van der Waals surface area contributed by atoms with Crippen molar-refractivity contribution in [1.82, 2.24) is 0 Å². The van der Waals surface area contributed by atoms with E-state index in [1.165, 1.54) is 4.88 Å². The Bertz CT molecular complexity index is 255. The number of rotatable bonds is 1. The van der Waals surface area contributed by atoms with Crippen LogP contribution in [0.5, 0.6) is 0 Å². The van der Waals surface area contributed by atoms with Gasteiger partial charge in [0.1, 0.15) is 0 Å². The number of hydrogen-bond donors (Lipinski definition) is 0. The van der Waals surface area contributed by atoms with Crippen LogP contribution in [0.1, 0.15) is 17.9 Å². The van der Waals surface area contributed by atoms with E-state index in [4.69, 9.17) is 4.74 Å². The summed E-state index contributed by atoms with van der Waals surface area (Å²) in [5.41, 5.74) is 0. The molecule has 2 nitrogen and oxygen atoms in total. The smallest absolute Gasteiger partial charge is 0.170 e. The summed E-state index contributed by atoms with van der Waals surface area (Å²) in [6.45, 7) is 2.06. The molecule has 1 aromatic heterocycles. The first-order chi connectivity index (χ1) is 5.38. The number of thiophene rings is 1. The third-order valence-corrected chi connectivity index (χ3v) is 2.70. The van der Waals surface area contributed by atoms with Gasteiger partial charge in [-0.3, -0.25) is 4.99 Å². The first kappa shape index (κ1) is 6.85. The van der Waals surface area contributed by atoms with Gasteiger partial charge < -0.3 is 4.74 Å². The summed E-state index contributed by atoms with van der Waals surface area (Å²) in [7, 11) is 0. The van der Waals surface area contributed by atoms with Crippen molar-refractivity contribution in [3.8, 4) is 0 Å². The van der Waals surface area contributed by atoms with Gasteiger partial charge in [-0.05, 0) is 18.4 Å². The molecule has 0 aliphatic carbocycles. The van der Waals surface area contributed by atoms with Gasteiger partial charge in [-0.2, -0.15) is 0 Å². The molecule has 1 aromatic rings. The summed E-state index contributed by atoms with van der Waals surface area (Å²) in [5, 5.41) is 2.06. The number of nitrogens with zero attached hydrogens (tertiary/aromatic N) is 1. The Morgan fingerprint density at radius 1 is 1.64 bits per heavy atom. The van der Waals surface area contributed by atoms with Gasteiger partial charge in [0, 0.05) is 4.88 Å². The van der Waals surface area contributed by atoms with E-state index in [9.17, 15) is 0 Å². The molecule has 0 N–H and O–H groups in total. The lowest BCUT2D eigenvalue weighted by Crippen LogP contribution is -2.07. The second-order valence-corrected chi connectivity index (χ2v) is 3.55. The topological polar surface area (TPSA) is 21.6 Å². The van der Waals surface area contributed by atoms with Gasteiger partial charge >= 0.3 is 0 Å². The van der Waals surface area contributed by atoms with Crippen molar-refractivity contribution >= 4 is 17.7 Å². The molecular weight excluding hydrogens is 158 g/mol. The molecule has 2 unspecified atom stereocenters. The number of aliphatic imine (C=N–C) groups is 1. The largest absolute Gasteiger partial charge is 0.473 e. The third kappa shape index (κ3) is 1.16. The summed E-state index contributed by atoms with van der Waals surface area (Å²) in [6.07, 6.45) is 1.71. The second-order valence-electron chi connectivity index (χ2n) is 2.57. The van der Waals surface area contributed by atoms with E-state index in [0.29, 0.717) is 0 Å². The molecule has 0 amide bonds. The van der Waals surface area contributed by atoms with Gasteiger partial charge in [0.05, 0.1) is 6.04 Å². The van der Waals surface area contributed by atoms with E-state index in [1.54, 1.807) is 17.7 Å². The van der Waals surface area contributed by atoms with E-state index in [-0.39, 0.29) is 12.1 Å². The van der Waals surface area contributed by atoms with Gasteiger partial charge in [0.2, 0.25) is 0 Å². The zero-order valence-electron chi connectivity index (χ0n) is 6.23. The molecule has 0 aromatic carbocycles. The van der Waals surface area contributed by atoms with Crippen LogP contribution >= 0.6 is 11.3 Å². The zero-order chi connectivity index (χ0) is 7.68. The van der Waals surface area contributed by atoms with E-state index in [2.05, 4.69) is 23.4 Å². The van der Waals surface area contributed by atoms with Crippen molar-refractivity contribution < 1.29 is 4.74 Å². The quantitative estimate of drug-likeness (QED) is 0.628. The van der Waals surface area contributed by atoms with Crippen LogP contribution < -0.4 is 0 Å². The van der Waals surface area contributed by atoms with Crippen LogP contribution in [-0.2, 0) is 4.74 Å². The number of ether oxygens (including phenoxy) is 1. The molecule has 0 bridgehead atoms. The van der Waals surface area contributed by atoms with Crippen molar-refractivity contribution in [3.63, 3.8) is 0 Å². The lowest BCUT2D eigenvalue weighted by Gasteiger charge is -2.10. The van der Waals surface area contributed by atoms with Crippen LogP contribution in [0, 0.1) is 0 Å². The molecule has 0 saturated carbocycles. The minimum absolute atomic E-state index is 0.162. The van der Waals surface area contributed by atoms with Crippen molar-refractivity contribution in [2.24, 2.45) is 4.99 Å². The highest BCUT2D eigenvalue weighted by Gasteiger charge is 2.23. The van der Waals surface area contributed by atoms with Gasteiger partial charge in [-0.15, -0.1) is 11.3 Å². The van der Waals surface area contributed by atoms with Crippen molar-refractivity contribution in [1.29, 1.82) is 0 Å². The van der Waals surface area contributed by atoms with Gasteiger partial charge in [0.25, 0.3) is 0 Å². The fourth-order valence-corrected chi connectivity index (χ4v) is 2.00. The maximum atomic E-state index is 5.33. The first-order valence-corrected chi connectivity index (χ1v) is 4.46. The Balaban J connectivity index is 2.19. The SMILES string of the molecule is CC1N=COC1c1cccs1. The average molecular weight is 167 g/mol. The van der Waals surface area contributed by atoms with E-state index in [1.807, 2.05) is 6.07 Å². The Hall–Kier alpha value is -0.830. The Labute approximate surface area is 69.5 Å². The summed E-state index contributed by atoms with van der Waals surface area (Å²) >= 11 is 1.72. The molecule has 11 heavy (non-hydrogen) atoms. The van der Waals surface area contributed by atoms with Crippen LogP contribution in [0.3, 0.4) is 0 Å². The highest BCUT2D eigenvalue weighted by atomic mass is 32.1. The third-order valence-electron chi connectivity index (χ3n) is 1.77. The second kappa shape index (κ2) is 2.66. The normalized spacial score (nSPS) is 28.8. The minimum Gasteiger partial charge on any atom is -0.473 e. The van der Waals surface area contributed by atoms with Crippen LogP contribution in [-0.4, -0.2) is 12.4 Å². The standard InChI is InChI=1S/C8H9NOS/c1-6-8(10-5-9-6)7-3-2-4-11-7/h2-6,8H,1H3. The fraction of sp³-hybridized carbons (Fsp3) is 0.375. The number of hydrogen-bond acceptors (Lipinski definition) is 3. The average Bonchev–Trinajstić information content (AvgIpc) is 2.55. The lowest BCUT2D eigenvalue weighted by molar-refractivity contribution is 0.214. The van der Waals surface area contributed by atoms with Crippen LogP contribution in [0.2, 0.25) is 0 Å². The maximum Gasteiger partial charge on any atom is 0.170 e. The zero-order valence-corrected chi connectivity index (χ0v) is 7.04. The predicted molar refractivity (Wildman–Crippen MR) is 46.1 cm³/mol. The summed E-state index contributed by atoms with van der Waals surface area (Å²) in [5.74, 6) is 0. The molecule has 0 fully saturated rings. The summed E-state index contributed by atoms with van der Waals surface area (Å²) in [6, 6.07) is 4.39. The molecule has 0 spiro atoms. The highest BCUT2D eigenvalue weighted by molar-refractivity contribution is 7.10. The van der Waals surface area contributed by atoms with Crippen LogP contribution in [0.4, 0.5) is 0 Å². The summed E-state index contributed by atoms with van der Waals surface area (Å²) in [4.78, 5) is 5.39. The van der Waals surface area contributed by atoms with Crippen LogP contribution in [0.25, 0.3) is 0 Å².